The summed E-state index contributed by atoms with van der Waals surface area (Å²) in [6, 6.07) is 1.94. The summed E-state index contributed by atoms with van der Waals surface area (Å²) >= 11 is 0. The van der Waals surface area contributed by atoms with Crippen LogP contribution in [-0.4, -0.2) is 32.9 Å². The first-order valence-electron chi connectivity index (χ1n) is 6.48. The van der Waals surface area contributed by atoms with Crippen molar-refractivity contribution in [2.75, 3.05) is 18.5 Å². The molecule has 98 valence electrons. The molecule has 2 rings (SSSR count). The first-order valence-corrected chi connectivity index (χ1v) is 6.48. The maximum absolute atomic E-state index is 9.04. The number of nitrogens with zero attached hydrogens (tertiary/aromatic N) is 3. The normalized spacial score (nSPS) is 12.8. The van der Waals surface area contributed by atoms with Gasteiger partial charge in [0.2, 0.25) is 0 Å². The van der Waals surface area contributed by atoms with Gasteiger partial charge in [-0.2, -0.15) is 5.10 Å². The minimum atomic E-state index is 0.247. The second kappa shape index (κ2) is 6.35. The van der Waals surface area contributed by atoms with Crippen LogP contribution in [0.5, 0.6) is 0 Å². The van der Waals surface area contributed by atoms with Crippen LogP contribution in [-0.2, 0) is 0 Å². The van der Waals surface area contributed by atoms with Crippen LogP contribution < -0.4 is 5.32 Å². The summed E-state index contributed by atoms with van der Waals surface area (Å²) in [5.41, 5.74) is 0.983. The molecule has 0 fully saturated rings. The molecule has 1 atom stereocenters. The third-order valence-corrected chi connectivity index (χ3v) is 3.12. The van der Waals surface area contributed by atoms with Crippen molar-refractivity contribution in [2.45, 2.75) is 26.2 Å². The minimum absolute atomic E-state index is 0.247. The lowest BCUT2D eigenvalue weighted by atomic mass is 10.0. The van der Waals surface area contributed by atoms with Crippen molar-refractivity contribution in [3.63, 3.8) is 0 Å². The topological polar surface area (TPSA) is 62.5 Å². The number of hydrogen-bond acceptors (Lipinski definition) is 4. The van der Waals surface area contributed by atoms with Crippen LogP contribution in [0.15, 0.2) is 24.7 Å². The average Bonchev–Trinajstić information content (AvgIpc) is 2.85. The van der Waals surface area contributed by atoms with Gasteiger partial charge in [0, 0.05) is 25.5 Å². The second-order valence-corrected chi connectivity index (χ2v) is 4.48. The van der Waals surface area contributed by atoms with Crippen molar-refractivity contribution in [3.8, 4) is 0 Å². The molecular formula is C13H20N4O. The molecule has 0 aliphatic heterocycles. The maximum atomic E-state index is 9.04. The molecule has 0 aliphatic rings. The van der Waals surface area contributed by atoms with Crippen LogP contribution in [0.4, 0.5) is 5.82 Å². The Bertz CT molecular complexity index is 477. The number of hydrogen-bond donors (Lipinski definition) is 2. The molecule has 1 unspecified atom stereocenters. The predicted molar refractivity (Wildman–Crippen MR) is 71.6 cm³/mol. The SMILES string of the molecule is CCCC(CCO)CNc1nccn2nccc12. The van der Waals surface area contributed by atoms with Crippen molar-refractivity contribution < 1.29 is 5.11 Å². The molecule has 0 amide bonds. The van der Waals surface area contributed by atoms with E-state index < -0.39 is 0 Å². The van der Waals surface area contributed by atoms with Gasteiger partial charge in [0.05, 0.1) is 6.20 Å². The van der Waals surface area contributed by atoms with Gasteiger partial charge in [0.15, 0.2) is 5.82 Å². The summed E-state index contributed by atoms with van der Waals surface area (Å²) in [5, 5.41) is 16.6. The van der Waals surface area contributed by atoms with Gasteiger partial charge in [-0.1, -0.05) is 13.3 Å². The van der Waals surface area contributed by atoms with Crippen LogP contribution >= 0.6 is 0 Å². The maximum Gasteiger partial charge on any atom is 0.152 e. The molecule has 2 aromatic rings. The number of aliphatic hydroxyl groups excluding tert-OH is 1. The number of fused-ring (bicyclic) bond motifs is 1. The Hall–Kier alpha value is -1.62. The molecule has 5 nitrogen and oxygen atoms in total. The summed E-state index contributed by atoms with van der Waals surface area (Å²) in [7, 11) is 0. The van der Waals surface area contributed by atoms with E-state index >= 15 is 0 Å². The molecule has 2 heterocycles. The molecule has 0 saturated carbocycles. The standard InChI is InChI=1S/C13H20N4O/c1-2-3-11(5-9-18)10-15-13-12-4-6-16-17(12)8-7-14-13/h4,6-8,11,18H,2-3,5,9-10H2,1H3,(H,14,15). The first-order chi connectivity index (χ1) is 8.85. The summed E-state index contributed by atoms with van der Waals surface area (Å²) in [6.07, 6.45) is 8.43. The molecule has 0 bridgehead atoms. The van der Waals surface area contributed by atoms with Crippen molar-refractivity contribution in [2.24, 2.45) is 5.92 Å². The zero-order valence-electron chi connectivity index (χ0n) is 10.7. The number of aromatic nitrogens is 3. The van der Waals surface area contributed by atoms with Crippen molar-refractivity contribution in [3.05, 3.63) is 24.7 Å². The van der Waals surface area contributed by atoms with Gasteiger partial charge >= 0.3 is 0 Å². The van der Waals surface area contributed by atoms with E-state index in [9.17, 15) is 0 Å². The average molecular weight is 248 g/mol. The number of aliphatic hydroxyl groups is 1. The van der Waals surface area contributed by atoms with Crippen LogP contribution in [0.1, 0.15) is 26.2 Å². The van der Waals surface area contributed by atoms with Gasteiger partial charge in [-0.3, -0.25) is 0 Å². The number of nitrogens with one attached hydrogen (secondary N) is 1. The van der Waals surface area contributed by atoms with Gasteiger partial charge in [-0.15, -0.1) is 0 Å². The fourth-order valence-electron chi connectivity index (χ4n) is 2.17. The molecule has 2 N–H and O–H groups in total. The fourth-order valence-corrected chi connectivity index (χ4v) is 2.17. The van der Waals surface area contributed by atoms with Crippen LogP contribution in [0, 0.1) is 5.92 Å². The smallest absolute Gasteiger partial charge is 0.152 e. The summed E-state index contributed by atoms with van der Waals surface area (Å²) in [6.45, 7) is 3.25. The highest BCUT2D eigenvalue weighted by molar-refractivity contribution is 5.66. The van der Waals surface area contributed by atoms with Crippen LogP contribution in [0.3, 0.4) is 0 Å². The van der Waals surface area contributed by atoms with Gasteiger partial charge in [-0.05, 0) is 24.8 Å². The van der Waals surface area contributed by atoms with Crippen molar-refractivity contribution in [1.82, 2.24) is 14.6 Å². The lowest BCUT2D eigenvalue weighted by Gasteiger charge is -2.16. The van der Waals surface area contributed by atoms with Gasteiger partial charge < -0.3 is 10.4 Å². The quantitative estimate of drug-likeness (QED) is 0.786. The molecule has 0 aromatic carbocycles. The van der Waals surface area contributed by atoms with E-state index in [2.05, 4.69) is 22.3 Å². The summed E-state index contributed by atoms with van der Waals surface area (Å²) in [4.78, 5) is 4.34. The zero-order valence-corrected chi connectivity index (χ0v) is 10.7. The van der Waals surface area contributed by atoms with Crippen LogP contribution in [0.25, 0.3) is 5.52 Å². The van der Waals surface area contributed by atoms with Gasteiger partial charge in [0.1, 0.15) is 5.52 Å². The van der Waals surface area contributed by atoms with Crippen LogP contribution in [0.2, 0.25) is 0 Å². The Kier molecular flexibility index (Phi) is 4.52. The summed E-state index contributed by atoms with van der Waals surface area (Å²) < 4.78 is 1.80. The third-order valence-electron chi connectivity index (χ3n) is 3.12. The van der Waals surface area contributed by atoms with Gasteiger partial charge in [-0.25, -0.2) is 9.50 Å². The van der Waals surface area contributed by atoms with E-state index in [-0.39, 0.29) is 6.61 Å². The molecule has 5 heteroatoms. The molecule has 0 radical (unpaired) electrons. The lowest BCUT2D eigenvalue weighted by Crippen LogP contribution is -2.16. The van der Waals surface area contributed by atoms with Crippen molar-refractivity contribution >= 4 is 11.3 Å². The lowest BCUT2D eigenvalue weighted by molar-refractivity contribution is 0.255. The van der Waals surface area contributed by atoms with Gasteiger partial charge in [0.25, 0.3) is 0 Å². The highest BCUT2D eigenvalue weighted by Crippen LogP contribution is 2.16. The molecule has 2 aromatic heterocycles. The molecule has 18 heavy (non-hydrogen) atoms. The third kappa shape index (κ3) is 2.98. The monoisotopic (exact) mass is 248 g/mol. The summed E-state index contributed by atoms with van der Waals surface area (Å²) in [5.74, 6) is 1.35. The Labute approximate surface area is 107 Å². The highest BCUT2D eigenvalue weighted by Gasteiger charge is 2.09. The van der Waals surface area contributed by atoms with E-state index in [0.29, 0.717) is 5.92 Å². The minimum Gasteiger partial charge on any atom is -0.396 e. The Balaban J connectivity index is 2.02. The second-order valence-electron chi connectivity index (χ2n) is 4.48. The largest absolute Gasteiger partial charge is 0.396 e. The number of rotatable bonds is 7. The molecular weight excluding hydrogens is 228 g/mol. The number of anilines is 1. The van der Waals surface area contributed by atoms with E-state index in [1.807, 2.05) is 12.3 Å². The van der Waals surface area contributed by atoms with E-state index in [0.717, 1.165) is 37.1 Å². The Morgan fingerprint density at radius 1 is 1.39 bits per heavy atom. The van der Waals surface area contributed by atoms with E-state index in [4.69, 9.17) is 5.11 Å². The van der Waals surface area contributed by atoms with E-state index in [1.54, 1.807) is 16.9 Å². The highest BCUT2D eigenvalue weighted by atomic mass is 16.3. The Morgan fingerprint density at radius 2 is 2.28 bits per heavy atom. The fraction of sp³-hybridized carbons (Fsp3) is 0.538. The molecule has 0 spiro atoms. The van der Waals surface area contributed by atoms with Crippen molar-refractivity contribution in [1.29, 1.82) is 0 Å². The predicted octanol–water partition coefficient (Wildman–Crippen LogP) is 1.94. The molecule has 0 saturated heterocycles. The zero-order chi connectivity index (χ0) is 12.8. The first kappa shape index (κ1) is 12.8. The molecule has 0 aliphatic carbocycles. The Morgan fingerprint density at radius 3 is 3.06 bits per heavy atom. The van der Waals surface area contributed by atoms with E-state index in [1.165, 1.54) is 0 Å².